The van der Waals surface area contributed by atoms with Crippen LogP contribution in [-0.4, -0.2) is 38.0 Å². The van der Waals surface area contributed by atoms with Crippen LogP contribution < -0.4 is 4.74 Å². The Morgan fingerprint density at radius 3 is 1.82 bits per heavy atom. The summed E-state index contributed by atoms with van der Waals surface area (Å²) >= 11 is 0. The molecule has 0 aliphatic carbocycles. The second-order valence-corrected chi connectivity index (χ2v) is 5.96. The van der Waals surface area contributed by atoms with Crippen molar-refractivity contribution in [2.45, 2.75) is 19.8 Å². The molecule has 6 nitrogen and oxygen atoms in total. The summed E-state index contributed by atoms with van der Waals surface area (Å²) in [6.45, 7) is 3.45. The Labute approximate surface area is 164 Å². The normalized spacial score (nSPS) is 11.6. The average Bonchev–Trinajstić information content (AvgIpc) is 2.72. The summed E-state index contributed by atoms with van der Waals surface area (Å²) in [5.74, 6) is -3.82. The van der Waals surface area contributed by atoms with Crippen LogP contribution in [0.5, 0.6) is 5.75 Å². The average molecular weight is 384 g/mol. The van der Waals surface area contributed by atoms with Gasteiger partial charge in [0.05, 0.1) is 26.2 Å². The van der Waals surface area contributed by atoms with Gasteiger partial charge in [0, 0.05) is 5.56 Å². The predicted molar refractivity (Wildman–Crippen MR) is 103 cm³/mol. The molecule has 0 N–H and O–H groups in total. The second kappa shape index (κ2) is 10.3. The first kappa shape index (κ1) is 21.2. The Balaban J connectivity index is 2.56. The number of methoxy groups -OCH3 is 1. The number of rotatable bonds is 9. The van der Waals surface area contributed by atoms with Gasteiger partial charge in [0.25, 0.3) is 0 Å². The molecule has 6 heteroatoms. The van der Waals surface area contributed by atoms with Gasteiger partial charge in [-0.1, -0.05) is 42.5 Å². The molecule has 0 aliphatic heterocycles. The number of carbonyl (C=O) groups excluding carboxylic acids is 3. The molecule has 0 heterocycles. The minimum Gasteiger partial charge on any atom is -0.497 e. The summed E-state index contributed by atoms with van der Waals surface area (Å²) in [7, 11) is 1.53. The highest BCUT2D eigenvalue weighted by molar-refractivity contribution is 6.08. The minimum atomic E-state index is -1.40. The Bertz CT molecular complexity index is 780. The van der Waals surface area contributed by atoms with E-state index in [4.69, 9.17) is 14.2 Å². The predicted octanol–water partition coefficient (Wildman–Crippen LogP) is 3.40. The lowest BCUT2D eigenvalue weighted by Crippen LogP contribution is -2.37. The lowest BCUT2D eigenvalue weighted by molar-refractivity contribution is -0.162. The molecule has 1 unspecified atom stereocenters. The van der Waals surface area contributed by atoms with Crippen LogP contribution >= 0.6 is 0 Å². The van der Waals surface area contributed by atoms with E-state index in [1.165, 1.54) is 7.11 Å². The van der Waals surface area contributed by atoms with Gasteiger partial charge in [-0.25, -0.2) is 0 Å². The Kier molecular flexibility index (Phi) is 7.75. The molecule has 0 amide bonds. The summed E-state index contributed by atoms with van der Waals surface area (Å²) < 4.78 is 15.3. The van der Waals surface area contributed by atoms with Gasteiger partial charge in [-0.2, -0.15) is 0 Å². The van der Waals surface area contributed by atoms with Crippen molar-refractivity contribution in [1.82, 2.24) is 0 Å². The van der Waals surface area contributed by atoms with E-state index < -0.39 is 23.8 Å². The highest BCUT2D eigenvalue weighted by Crippen LogP contribution is 2.32. The number of hydrogen-bond acceptors (Lipinski definition) is 6. The molecular weight excluding hydrogens is 360 g/mol. The fourth-order valence-corrected chi connectivity index (χ4v) is 2.92. The zero-order valence-electron chi connectivity index (χ0n) is 16.2. The maximum atomic E-state index is 13.3. The number of ketones is 1. The molecule has 1 atom stereocenters. The molecule has 2 rings (SSSR count). The molecule has 0 spiro atoms. The second-order valence-electron chi connectivity index (χ2n) is 5.96. The molecule has 0 radical (unpaired) electrons. The number of carbonyl (C=O) groups is 3. The van der Waals surface area contributed by atoms with Crippen molar-refractivity contribution >= 4 is 17.7 Å². The molecule has 0 bridgehead atoms. The first-order chi connectivity index (χ1) is 13.5. The SMILES string of the molecule is CCOC(=O)C(C(=O)OCC)C(C(=O)c1ccccc1)c1ccc(OC)cc1. The van der Waals surface area contributed by atoms with Gasteiger partial charge in [0.15, 0.2) is 11.7 Å². The lowest BCUT2D eigenvalue weighted by Gasteiger charge is -2.24. The summed E-state index contributed by atoms with van der Waals surface area (Å²) in [5.41, 5.74) is 0.891. The van der Waals surface area contributed by atoms with Crippen molar-refractivity contribution in [3.05, 3.63) is 65.7 Å². The number of hydrogen-bond donors (Lipinski definition) is 0. The van der Waals surface area contributed by atoms with Crippen LogP contribution in [0.25, 0.3) is 0 Å². The molecular formula is C22H24O6. The largest absolute Gasteiger partial charge is 0.497 e. The lowest BCUT2D eigenvalue weighted by atomic mass is 9.80. The van der Waals surface area contributed by atoms with Crippen LogP contribution in [0, 0.1) is 5.92 Å². The minimum absolute atomic E-state index is 0.0869. The van der Waals surface area contributed by atoms with E-state index in [-0.39, 0.29) is 19.0 Å². The van der Waals surface area contributed by atoms with Crippen LogP contribution in [0.2, 0.25) is 0 Å². The van der Waals surface area contributed by atoms with Crippen molar-refractivity contribution < 1.29 is 28.6 Å². The van der Waals surface area contributed by atoms with Crippen molar-refractivity contribution in [3.8, 4) is 5.75 Å². The third-order valence-corrected chi connectivity index (χ3v) is 4.23. The van der Waals surface area contributed by atoms with Gasteiger partial charge in [-0.3, -0.25) is 14.4 Å². The van der Waals surface area contributed by atoms with Gasteiger partial charge >= 0.3 is 11.9 Å². The molecule has 148 valence electrons. The summed E-state index contributed by atoms with van der Waals surface area (Å²) in [5, 5.41) is 0. The molecule has 0 saturated heterocycles. The van der Waals surface area contributed by atoms with Crippen molar-refractivity contribution in [1.29, 1.82) is 0 Å². The molecule has 2 aromatic rings. The molecule has 0 aromatic heterocycles. The summed E-state index contributed by atoms with van der Waals surface area (Å²) in [6.07, 6.45) is 0. The van der Waals surface area contributed by atoms with E-state index >= 15 is 0 Å². The first-order valence-corrected chi connectivity index (χ1v) is 9.09. The van der Waals surface area contributed by atoms with Crippen LogP contribution in [0.4, 0.5) is 0 Å². The third-order valence-electron chi connectivity index (χ3n) is 4.23. The maximum absolute atomic E-state index is 13.3. The smallest absolute Gasteiger partial charge is 0.321 e. The number of Topliss-reactive ketones (excluding diaryl/α,β-unsaturated/α-hetero) is 1. The molecule has 0 fully saturated rings. The fraction of sp³-hybridized carbons (Fsp3) is 0.318. The maximum Gasteiger partial charge on any atom is 0.321 e. The van der Waals surface area contributed by atoms with Gasteiger partial charge in [0.2, 0.25) is 0 Å². The number of benzene rings is 2. The summed E-state index contributed by atoms with van der Waals surface area (Å²) in [6, 6.07) is 15.2. The van der Waals surface area contributed by atoms with E-state index in [2.05, 4.69) is 0 Å². The highest BCUT2D eigenvalue weighted by Gasteiger charge is 2.42. The molecule has 0 saturated carbocycles. The quantitative estimate of drug-likeness (QED) is 0.375. The van der Waals surface area contributed by atoms with Crippen molar-refractivity contribution in [2.24, 2.45) is 5.92 Å². The Morgan fingerprint density at radius 2 is 1.36 bits per heavy atom. The van der Waals surface area contributed by atoms with E-state index in [1.807, 2.05) is 0 Å². The Hall–Kier alpha value is -3.15. The van der Waals surface area contributed by atoms with E-state index in [0.717, 1.165) is 0 Å². The fourth-order valence-electron chi connectivity index (χ4n) is 2.92. The highest BCUT2D eigenvalue weighted by atomic mass is 16.6. The van der Waals surface area contributed by atoms with Crippen LogP contribution in [0.1, 0.15) is 35.7 Å². The van der Waals surface area contributed by atoms with Gasteiger partial charge < -0.3 is 14.2 Å². The van der Waals surface area contributed by atoms with Crippen LogP contribution in [0.15, 0.2) is 54.6 Å². The summed E-state index contributed by atoms with van der Waals surface area (Å²) in [4.78, 5) is 38.6. The molecule has 2 aromatic carbocycles. The third kappa shape index (κ3) is 4.97. The van der Waals surface area contributed by atoms with Gasteiger partial charge in [-0.15, -0.1) is 0 Å². The number of esters is 2. The zero-order valence-corrected chi connectivity index (χ0v) is 16.2. The van der Waals surface area contributed by atoms with E-state index in [1.54, 1.807) is 68.4 Å². The van der Waals surface area contributed by atoms with Crippen LogP contribution in [0.3, 0.4) is 0 Å². The zero-order chi connectivity index (χ0) is 20.5. The topological polar surface area (TPSA) is 78.9 Å². The van der Waals surface area contributed by atoms with Gasteiger partial charge in [0.1, 0.15) is 5.75 Å². The van der Waals surface area contributed by atoms with E-state index in [9.17, 15) is 14.4 Å². The van der Waals surface area contributed by atoms with E-state index in [0.29, 0.717) is 16.9 Å². The number of ether oxygens (including phenoxy) is 3. The molecule has 0 aliphatic rings. The monoisotopic (exact) mass is 384 g/mol. The molecule has 28 heavy (non-hydrogen) atoms. The van der Waals surface area contributed by atoms with Gasteiger partial charge in [-0.05, 0) is 31.5 Å². The van der Waals surface area contributed by atoms with Crippen molar-refractivity contribution in [3.63, 3.8) is 0 Å². The first-order valence-electron chi connectivity index (χ1n) is 9.09. The Morgan fingerprint density at radius 1 is 0.821 bits per heavy atom. The standard InChI is InChI=1S/C22H24O6/c1-4-27-21(24)19(22(25)28-5-2)18(15-11-13-17(26-3)14-12-15)20(23)16-9-7-6-8-10-16/h6-14,18-19H,4-5H2,1-3H3. The van der Waals surface area contributed by atoms with Crippen LogP contribution in [-0.2, 0) is 19.1 Å². The van der Waals surface area contributed by atoms with Crippen molar-refractivity contribution in [2.75, 3.05) is 20.3 Å².